The first-order chi connectivity index (χ1) is 15.2. The van der Waals surface area contributed by atoms with Crippen molar-refractivity contribution in [2.24, 2.45) is 11.8 Å². The zero-order chi connectivity index (χ0) is 22.9. The van der Waals surface area contributed by atoms with Crippen LogP contribution in [0.25, 0.3) is 0 Å². The Balaban J connectivity index is 1.64. The number of allylic oxidation sites excluding steroid dienone is 8. The third-order valence-corrected chi connectivity index (χ3v) is 6.57. The lowest BCUT2D eigenvalue weighted by molar-refractivity contribution is 0.312. The number of ether oxygens (including phenoxy) is 1. The predicted molar refractivity (Wildman–Crippen MR) is 137 cm³/mol. The van der Waals surface area contributed by atoms with E-state index in [1.54, 1.807) is 0 Å². The Morgan fingerprint density at radius 2 is 2.09 bits per heavy atom. The summed E-state index contributed by atoms with van der Waals surface area (Å²) < 4.78 is 6.23. The molecule has 0 N–H and O–H groups in total. The van der Waals surface area contributed by atoms with E-state index in [0.717, 1.165) is 36.6 Å². The predicted octanol–water partition coefficient (Wildman–Crippen LogP) is 5.95. The van der Waals surface area contributed by atoms with Gasteiger partial charge in [0.2, 0.25) is 0 Å². The van der Waals surface area contributed by atoms with E-state index < -0.39 is 0 Å². The first-order valence-corrected chi connectivity index (χ1v) is 11.8. The molecule has 1 aromatic heterocycles. The van der Waals surface area contributed by atoms with E-state index in [-0.39, 0.29) is 5.41 Å². The molecule has 32 heavy (non-hydrogen) atoms. The maximum atomic E-state index is 6.23. The van der Waals surface area contributed by atoms with Gasteiger partial charge >= 0.3 is 0 Å². The number of aromatic nitrogens is 1. The van der Waals surface area contributed by atoms with Gasteiger partial charge < -0.3 is 9.64 Å². The van der Waals surface area contributed by atoms with Gasteiger partial charge in [-0.25, -0.2) is 4.98 Å². The number of hydrogen-bond acceptors (Lipinski definition) is 3. The van der Waals surface area contributed by atoms with Crippen LogP contribution in [0.1, 0.15) is 52.5 Å². The lowest BCUT2D eigenvalue weighted by Gasteiger charge is -2.29. The SMILES string of the molecule is BC(=C)CC/C=C(\C)OC1=CCC2C(=C1)N(c1cc(C(C)(C)C)ccn1)C1C=CC=CC21. The third kappa shape index (κ3) is 4.70. The quantitative estimate of drug-likeness (QED) is 0.416. The highest BCUT2D eigenvalue weighted by Crippen LogP contribution is 2.47. The summed E-state index contributed by atoms with van der Waals surface area (Å²) >= 11 is 0. The van der Waals surface area contributed by atoms with Gasteiger partial charge in [-0.3, -0.25) is 0 Å². The van der Waals surface area contributed by atoms with E-state index in [1.165, 1.54) is 16.7 Å². The monoisotopic (exact) mass is 426 g/mol. The number of nitrogens with zero attached hydrogens (tertiary/aromatic N) is 2. The summed E-state index contributed by atoms with van der Waals surface area (Å²) in [5.74, 6) is 3.81. The highest BCUT2D eigenvalue weighted by Gasteiger charge is 2.45. The number of fused-ring (bicyclic) bond motifs is 3. The molecule has 0 saturated carbocycles. The van der Waals surface area contributed by atoms with Crippen LogP contribution in [0.15, 0.2) is 90.1 Å². The highest BCUT2D eigenvalue weighted by atomic mass is 16.5. The Bertz CT molecular complexity index is 1040. The molecule has 0 amide bonds. The average molecular weight is 426 g/mol. The van der Waals surface area contributed by atoms with E-state index in [9.17, 15) is 0 Å². The lowest BCUT2D eigenvalue weighted by Crippen LogP contribution is -2.31. The molecule has 3 atom stereocenters. The molecule has 4 heteroatoms. The Labute approximate surface area is 194 Å². The maximum absolute atomic E-state index is 6.23. The van der Waals surface area contributed by atoms with E-state index in [4.69, 9.17) is 9.72 Å². The fourth-order valence-electron chi connectivity index (χ4n) is 4.82. The standard InChI is InChI=1S/C28H35BN2O/c1-19(29)9-8-10-20(2)32-22-13-14-24-23-11-6-7-12-25(23)31(26(24)18-22)27-17-21(15-16-30-27)28(3,4)5/h6-7,10-13,15-18,23-25H,1,8-9,14,29H2,2-5H3/b20-10+. The van der Waals surface area contributed by atoms with Crippen LogP contribution in [-0.2, 0) is 10.2 Å². The van der Waals surface area contributed by atoms with Crippen LogP contribution < -0.4 is 4.90 Å². The van der Waals surface area contributed by atoms with Gasteiger partial charge in [-0.2, -0.15) is 0 Å². The molecule has 0 spiro atoms. The molecule has 1 saturated heterocycles. The van der Waals surface area contributed by atoms with Crippen molar-refractivity contribution in [1.29, 1.82) is 0 Å². The zero-order valence-corrected chi connectivity index (χ0v) is 20.1. The molecule has 3 unspecified atom stereocenters. The van der Waals surface area contributed by atoms with Crippen LogP contribution in [0.2, 0.25) is 0 Å². The molecule has 3 aliphatic rings. The van der Waals surface area contributed by atoms with Crippen molar-refractivity contribution in [1.82, 2.24) is 4.98 Å². The van der Waals surface area contributed by atoms with Gasteiger partial charge in [-0.15, -0.1) is 12.1 Å². The van der Waals surface area contributed by atoms with Crippen molar-refractivity contribution in [3.05, 3.63) is 95.7 Å². The summed E-state index contributed by atoms with van der Waals surface area (Å²) in [4.78, 5) is 7.24. The van der Waals surface area contributed by atoms with Gasteiger partial charge in [0, 0.05) is 29.8 Å². The summed E-state index contributed by atoms with van der Waals surface area (Å²) in [5.41, 5.74) is 3.89. The van der Waals surface area contributed by atoms with Gasteiger partial charge in [0.15, 0.2) is 0 Å². The molecule has 0 bridgehead atoms. The lowest BCUT2D eigenvalue weighted by atomic mass is 9.83. The van der Waals surface area contributed by atoms with Crippen LogP contribution in [0, 0.1) is 11.8 Å². The summed E-state index contributed by atoms with van der Waals surface area (Å²) in [6.07, 6.45) is 20.6. The third-order valence-electron chi connectivity index (χ3n) is 6.57. The van der Waals surface area contributed by atoms with Crippen LogP contribution in [0.4, 0.5) is 5.82 Å². The highest BCUT2D eigenvalue weighted by molar-refractivity contribution is 6.21. The number of pyridine rings is 1. The van der Waals surface area contributed by atoms with E-state index in [0.29, 0.717) is 17.9 Å². The number of anilines is 1. The molecule has 4 rings (SSSR count). The minimum absolute atomic E-state index is 0.0827. The second kappa shape index (κ2) is 9.01. The van der Waals surface area contributed by atoms with Crippen molar-refractivity contribution in [3.63, 3.8) is 0 Å². The molecule has 3 nitrogen and oxygen atoms in total. The van der Waals surface area contributed by atoms with Crippen molar-refractivity contribution in [2.45, 2.75) is 58.4 Å². The van der Waals surface area contributed by atoms with Crippen molar-refractivity contribution in [2.75, 3.05) is 4.90 Å². The van der Waals surface area contributed by atoms with Gasteiger partial charge in [-0.1, -0.05) is 45.1 Å². The average Bonchev–Trinajstić information content (AvgIpc) is 3.06. The summed E-state index contributed by atoms with van der Waals surface area (Å²) in [7, 11) is 2.07. The van der Waals surface area contributed by atoms with Crippen LogP contribution in [0.3, 0.4) is 0 Å². The van der Waals surface area contributed by atoms with Gasteiger partial charge in [0.05, 0.1) is 11.8 Å². The minimum Gasteiger partial charge on any atom is -0.463 e. The molecule has 2 heterocycles. The normalized spacial score (nSPS) is 24.6. The van der Waals surface area contributed by atoms with Gasteiger partial charge in [0.25, 0.3) is 0 Å². The largest absolute Gasteiger partial charge is 0.463 e. The van der Waals surface area contributed by atoms with E-state index in [2.05, 4.69) is 94.8 Å². The summed E-state index contributed by atoms with van der Waals surface area (Å²) in [5, 5.41) is 0. The number of rotatable bonds is 6. The van der Waals surface area contributed by atoms with Crippen molar-refractivity contribution < 1.29 is 4.74 Å². The van der Waals surface area contributed by atoms with Crippen LogP contribution in [-0.4, -0.2) is 18.9 Å². The summed E-state index contributed by atoms with van der Waals surface area (Å²) in [6, 6.07) is 4.68. The van der Waals surface area contributed by atoms with Crippen LogP contribution in [0.5, 0.6) is 0 Å². The Hall–Kier alpha value is -2.75. The van der Waals surface area contributed by atoms with Gasteiger partial charge in [0.1, 0.15) is 19.4 Å². The topological polar surface area (TPSA) is 25.4 Å². The van der Waals surface area contributed by atoms with Crippen molar-refractivity contribution in [3.8, 4) is 0 Å². The molecule has 1 aromatic rings. The number of hydrogen-bond donors (Lipinski definition) is 0. The fourth-order valence-corrected chi connectivity index (χ4v) is 4.82. The van der Waals surface area contributed by atoms with E-state index >= 15 is 0 Å². The van der Waals surface area contributed by atoms with Gasteiger partial charge in [-0.05, 0) is 61.4 Å². The molecule has 166 valence electrons. The van der Waals surface area contributed by atoms with E-state index in [1.807, 2.05) is 13.1 Å². The second-order valence-corrected chi connectivity index (χ2v) is 10.3. The maximum Gasteiger partial charge on any atom is 0.133 e. The minimum atomic E-state index is 0.0827. The van der Waals surface area contributed by atoms with Crippen LogP contribution >= 0.6 is 0 Å². The zero-order valence-electron chi connectivity index (χ0n) is 20.1. The first-order valence-electron chi connectivity index (χ1n) is 11.8. The molecule has 0 aromatic carbocycles. The Morgan fingerprint density at radius 3 is 2.84 bits per heavy atom. The molecule has 0 radical (unpaired) electrons. The smallest absolute Gasteiger partial charge is 0.133 e. The fraction of sp³-hybridized carbons (Fsp3) is 0.393. The molecule has 1 aliphatic heterocycles. The summed E-state index contributed by atoms with van der Waals surface area (Å²) in [6.45, 7) is 12.8. The second-order valence-electron chi connectivity index (χ2n) is 10.3. The molecular formula is C28H35BN2O. The Morgan fingerprint density at radius 1 is 1.31 bits per heavy atom. The molecule has 2 aliphatic carbocycles. The van der Waals surface area contributed by atoms with Crippen molar-refractivity contribution >= 4 is 13.7 Å². The first kappa shape index (κ1) is 22.4. The molecular weight excluding hydrogens is 391 g/mol. The molecule has 1 fully saturated rings. The Kier molecular flexibility index (Phi) is 6.32.